The van der Waals surface area contributed by atoms with Crippen molar-refractivity contribution in [1.29, 1.82) is 0 Å². The van der Waals surface area contributed by atoms with Crippen LogP contribution in [-0.4, -0.2) is 68.2 Å². The molecule has 3 aromatic heterocycles. The number of hydrogen-bond donors (Lipinski definition) is 2. The molecule has 1 aromatic carbocycles. The number of imide groups is 1. The molecule has 0 saturated carbocycles. The highest BCUT2D eigenvalue weighted by atomic mass is 16.7. The van der Waals surface area contributed by atoms with Gasteiger partial charge in [-0.3, -0.25) is 14.6 Å². The third-order valence-electron chi connectivity index (χ3n) is 6.53. The lowest BCUT2D eigenvalue weighted by atomic mass is 10.1. The van der Waals surface area contributed by atoms with Crippen molar-refractivity contribution in [3.05, 3.63) is 83.1 Å². The molecule has 0 spiro atoms. The predicted octanol–water partition coefficient (Wildman–Crippen LogP) is 4.43. The number of aromatic nitrogens is 4. The zero-order valence-corrected chi connectivity index (χ0v) is 24.4. The van der Waals surface area contributed by atoms with E-state index < -0.39 is 24.8 Å². The fraction of sp³-hybridized carbons (Fsp3) is 0.300. The Labute approximate surface area is 248 Å². The second-order valence-corrected chi connectivity index (χ2v) is 9.64. The van der Waals surface area contributed by atoms with Gasteiger partial charge < -0.3 is 20.1 Å². The Bertz CT molecular complexity index is 1640. The predicted molar refractivity (Wildman–Crippen MR) is 157 cm³/mol. The fourth-order valence-corrected chi connectivity index (χ4v) is 4.26. The van der Waals surface area contributed by atoms with E-state index in [-0.39, 0.29) is 23.6 Å². The average Bonchev–Trinajstić information content (AvgIpc) is 3.36. The first-order valence-electron chi connectivity index (χ1n) is 13.8. The summed E-state index contributed by atoms with van der Waals surface area (Å²) in [5.74, 6) is -1.10. The van der Waals surface area contributed by atoms with E-state index in [0.29, 0.717) is 41.1 Å². The molecular weight excluding hydrogens is 554 g/mol. The second kappa shape index (κ2) is 14.0. The summed E-state index contributed by atoms with van der Waals surface area (Å²) < 4.78 is 11.6. The van der Waals surface area contributed by atoms with E-state index >= 15 is 0 Å². The lowest BCUT2D eigenvalue weighted by Gasteiger charge is -2.19. The number of anilines is 2. The molecule has 0 aliphatic rings. The van der Waals surface area contributed by atoms with Crippen molar-refractivity contribution in [2.45, 2.75) is 40.5 Å². The monoisotopic (exact) mass is 587 g/mol. The van der Waals surface area contributed by atoms with E-state index in [2.05, 4.69) is 25.7 Å². The van der Waals surface area contributed by atoms with Crippen molar-refractivity contribution < 1.29 is 28.7 Å². The van der Waals surface area contributed by atoms with E-state index in [9.17, 15) is 19.2 Å². The van der Waals surface area contributed by atoms with E-state index in [1.165, 1.54) is 35.5 Å². The van der Waals surface area contributed by atoms with Crippen LogP contribution in [0.25, 0.3) is 5.52 Å². The minimum atomic E-state index is -0.960. The Morgan fingerprint density at radius 2 is 1.84 bits per heavy atom. The first-order valence-corrected chi connectivity index (χ1v) is 13.8. The lowest BCUT2D eigenvalue weighted by molar-refractivity contribution is -0.0105. The SMILES string of the molecule is CCCNC(=O)c1ccc(C)c(Nc2ncnn3cc(C(=O)N(CCC)C(=O)OCOC(=O)c4cccnc4)c(C)c23)c1. The number of pyridine rings is 1. The summed E-state index contributed by atoms with van der Waals surface area (Å²) in [4.78, 5) is 60.3. The maximum Gasteiger partial charge on any atom is 0.419 e. The zero-order valence-electron chi connectivity index (χ0n) is 24.4. The quantitative estimate of drug-likeness (QED) is 0.190. The Kier molecular flexibility index (Phi) is 9.99. The van der Waals surface area contributed by atoms with Crippen LogP contribution in [0.2, 0.25) is 0 Å². The molecule has 0 bridgehead atoms. The molecule has 13 nitrogen and oxygen atoms in total. The number of nitrogens with zero attached hydrogens (tertiary/aromatic N) is 5. The van der Waals surface area contributed by atoms with Crippen LogP contribution in [0.1, 0.15) is 68.9 Å². The van der Waals surface area contributed by atoms with Crippen LogP contribution in [-0.2, 0) is 9.47 Å². The van der Waals surface area contributed by atoms with Gasteiger partial charge in [0.2, 0.25) is 6.79 Å². The molecule has 0 aliphatic carbocycles. The Morgan fingerprint density at radius 1 is 1.02 bits per heavy atom. The standard InChI is InChI=1S/C30H33N7O6/c1-5-11-32-27(38)21-10-9-19(3)24(14-21)35-26-25-20(4)23(16-37(25)34-17-33-26)28(39)36(13-6-2)30(41)43-18-42-29(40)22-8-7-12-31-15-22/h7-10,12,14-17H,5-6,11,13,18H2,1-4H3,(H,32,38)(H,33,34,35). The molecule has 224 valence electrons. The van der Waals surface area contributed by atoms with Crippen LogP contribution in [0.4, 0.5) is 16.3 Å². The summed E-state index contributed by atoms with van der Waals surface area (Å²) in [5, 5.41) is 10.4. The summed E-state index contributed by atoms with van der Waals surface area (Å²) in [7, 11) is 0. The van der Waals surface area contributed by atoms with Crippen LogP contribution in [0, 0.1) is 13.8 Å². The first-order chi connectivity index (χ1) is 20.7. The van der Waals surface area contributed by atoms with Crippen molar-refractivity contribution in [1.82, 2.24) is 29.8 Å². The van der Waals surface area contributed by atoms with E-state index in [1.54, 1.807) is 25.1 Å². The summed E-state index contributed by atoms with van der Waals surface area (Å²) in [6.07, 6.45) is 6.02. The van der Waals surface area contributed by atoms with Gasteiger partial charge in [-0.2, -0.15) is 5.10 Å². The lowest BCUT2D eigenvalue weighted by Crippen LogP contribution is -2.38. The van der Waals surface area contributed by atoms with Crippen LogP contribution >= 0.6 is 0 Å². The van der Waals surface area contributed by atoms with Gasteiger partial charge >= 0.3 is 12.1 Å². The highest BCUT2D eigenvalue weighted by Crippen LogP contribution is 2.28. The molecule has 3 amide bonds. The number of nitrogens with one attached hydrogen (secondary N) is 2. The third-order valence-corrected chi connectivity index (χ3v) is 6.53. The third kappa shape index (κ3) is 7.12. The summed E-state index contributed by atoms with van der Waals surface area (Å²) in [6, 6.07) is 8.42. The second-order valence-electron chi connectivity index (χ2n) is 9.64. The number of hydrogen-bond acceptors (Lipinski definition) is 10. The number of ether oxygens (including phenoxy) is 2. The number of aryl methyl sites for hydroxylation is 2. The van der Waals surface area contributed by atoms with Gasteiger partial charge in [-0.15, -0.1) is 0 Å². The Balaban J connectivity index is 1.54. The maximum atomic E-state index is 13.6. The smallest absolute Gasteiger partial charge is 0.419 e. The molecule has 0 saturated heterocycles. The number of amides is 3. The molecule has 2 N–H and O–H groups in total. The van der Waals surface area contributed by atoms with Gasteiger partial charge in [0.05, 0.1) is 11.1 Å². The van der Waals surface area contributed by atoms with Gasteiger partial charge in [0.15, 0.2) is 5.82 Å². The molecule has 4 rings (SSSR count). The summed E-state index contributed by atoms with van der Waals surface area (Å²) in [5.41, 5.74) is 3.49. The number of benzene rings is 1. The summed E-state index contributed by atoms with van der Waals surface area (Å²) >= 11 is 0. The van der Waals surface area contributed by atoms with Gasteiger partial charge in [0, 0.05) is 42.9 Å². The molecule has 3 heterocycles. The normalized spacial score (nSPS) is 10.7. The zero-order chi connectivity index (χ0) is 30.9. The first kappa shape index (κ1) is 30.6. The van der Waals surface area contributed by atoms with Crippen molar-refractivity contribution in [2.24, 2.45) is 0 Å². The molecule has 13 heteroatoms. The molecule has 0 atom stereocenters. The van der Waals surface area contributed by atoms with Crippen LogP contribution in [0.15, 0.2) is 55.2 Å². The van der Waals surface area contributed by atoms with Crippen molar-refractivity contribution in [2.75, 3.05) is 25.2 Å². The topological polar surface area (TPSA) is 157 Å². The Hall–Kier alpha value is -5.33. The minimum absolute atomic E-state index is 0.0721. The van der Waals surface area contributed by atoms with Crippen LogP contribution < -0.4 is 10.6 Å². The van der Waals surface area contributed by atoms with Gasteiger partial charge in [-0.05, 0) is 62.1 Å². The van der Waals surface area contributed by atoms with Crippen LogP contribution in [0.5, 0.6) is 0 Å². The minimum Gasteiger partial charge on any atom is -0.424 e. The summed E-state index contributed by atoms with van der Waals surface area (Å²) in [6.45, 7) is 7.38. The van der Waals surface area contributed by atoms with Crippen molar-refractivity contribution >= 4 is 40.9 Å². The number of rotatable bonds is 11. The van der Waals surface area contributed by atoms with Crippen LogP contribution in [0.3, 0.4) is 0 Å². The molecule has 0 fully saturated rings. The van der Waals surface area contributed by atoms with Crippen molar-refractivity contribution in [3.8, 4) is 0 Å². The van der Waals surface area contributed by atoms with Gasteiger partial charge in [-0.1, -0.05) is 19.9 Å². The number of carbonyl (C=O) groups excluding carboxylic acids is 4. The van der Waals surface area contributed by atoms with E-state index in [0.717, 1.165) is 16.9 Å². The highest BCUT2D eigenvalue weighted by Gasteiger charge is 2.28. The van der Waals surface area contributed by atoms with Gasteiger partial charge in [0.25, 0.3) is 11.8 Å². The largest absolute Gasteiger partial charge is 0.424 e. The molecule has 0 unspecified atom stereocenters. The van der Waals surface area contributed by atoms with Gasteiger partial charge in [-0.25, -0.2) is 24.0 Å². The molecule has 0 aliphatic heterocycles. The maximum absolute atomic E-state index is 13.6. The molecular formula is C30H33N7O6. The average molecular weight is 588 g/mol. The molecule has 43 heavy (non-hydrogen) atoms. The van der Waals surface area contributed by atoms with Gasteiger partial charge in [0.1, 0.15) is 11.8 Å². The number of fused-ring (bicyclic) bond motifs is 1. The fourth-order valence-electron chi connectivity index (χ4n) is 4.26. The van der Waals surface area contributed by atoms with Crippen molar-refractivity contribution in [3.63, 3.8) is 0 Å². The van der Waals surface area contributed by atoms with E-state index in [1.807, 2.05) is 26.8 Å². The number of carbonyl (C=O) groups is 4. The highest BCUT2D eigenvalue weighted by molar-refractivity contribution is 6.06. The molecule has 0 radical (unpaired) electrons. The Morgan fingerprint density at radius 3 is 2.56 bits per heavy atom. The molecule has 4 aromatic rings. The number of esters is 1. The van der Waals surface area contributed by atoms with E-state index in [4.69, 9.17) is 9.47 Å².